The third-order valence-corrected chi connectivity index (χ3v) is 4.65. The number of H-pyrrole nitrogens is 1. The first-order valence-electron chi connectivity index (χ1n) is 8.81. The molecule has 2 heterocycles. The number of rotatable bonds is 4. The molecule has 6 heteroatoms. The van der Waals surface area contributed by atoms with Crippen LogP contribution in [-0.2, 0) is 0 Å². The molecule has 0 spiro atoms. The minimum absolute atomic E-state index is 0.0136. The fourth-order valence-electron chi connectivity index (χ4n) is 3.19. The molecule has 0 bridgehead atoms. The normalized spacial score (nSPS) is 17.8. The van der Waals surface area contributed by atoms with E-state index in [2.05, 4.69) is 15.5 Å². The second-order valence-electron chi connectivity index (χ2n) is 7.08. The molecule has 5 nitrogen and oxygen atoms in total. The average Bonchev–Trinajstić information content (AvgIpc) is 3.08. The Morgan fingerprint density at radius 1 is 1.40 bits per heavy atom. The van der Waals surface area contributed by atoms with Crippen LogP contribution in [0.5, 0.6) is 0 Å². The second kappa shape index (κ2) is 7.25. The van der Waals surface area contributed by atoms with E-state index >= 15 is 0 Å². The molecule has 1 aromatic carbocycles. The van der Waals surface area contributed by atoms with E-state index < -0.39 is 0 Å². The number of aryl methyl sites for hydroxylation is 1. The summed E-state index contributed by atoms with van der Waals surface area (Å²) in [6.07, 6.45) is 1.80. The highest BCUT2D eigenvalue weighted by molar-refractivity contribution is 5.92. The molecule has 2 aromatic rings. The van der Waals surface area contributed by atoms with Crippen molar-refractivity contribution in [3.63, 3.8) is 0 Å². The van der Waals surface area contributed by atoms with Crippen molar-refractivity contribution in [3.05, 3.63) is 47.0 Å². The topological polar surface area (TPSA) is 61.0 Å². The van der Waals surface area contributed by atoms with Crippen molar-refractivity contribution in [2.75, 3.05) is 18.0 Å². The van der Waals surface area contributed by atoms with Crippen LogP contribution >= 0.6 is 0 Å². The van der Waals surface area contributed by atoms with Crippen LogP contribution in [0.4, 0.5) is 10.1 Å². The van der Waals surface area contributed by atoms with Crippen molar-refractivity contribution in [2.24, 2.45) is 0 Å². The molecule has 1 amide bonds. The number of hydrogen-bond acceptors (Lipinski definition) is 3. The van der Waals surface area contributed by atoms with Gasteiger partial charge in [0.15, 0.2) is 0 Å². The standard InChI is InChI=1S/C19H25FN4O/c1-12(2)16-10-17(23-22-16)19(25)21-14-5-4-8-24(11-14)18-9-13(3)6-7-15(18)20/h6-7,9-10,12,14H,4-5,8,11H2,1-3H3,(H,21,25)(H,22,23). The van der Waals surface area contributed by atoms with Crippen molar-refractivity contribution >= 4 is 11.6 Å². The summed E-state index contributed by atoms with van der Waals surface area (Å²) < 4.78 is 14.1. The molecule has 1 unspecified atom stereocenters. The van der Waals surface area contributed by atoms with Gasteiger partial charge in [0.05, 0.1) is 5.69 Å². The van der Waals surface area contributed by atoms with Gasteiger partial charge >= 0.3 is 0 Å². The van der Waals surface area contributed by atoms with E-state index in [4.69, 9.17) is 0 Å². The van der Waals surface area contributed by atoms with Gasteiger partial charge in [0.1, 0.15) is 11.5 Å². The number of nitrogens with one attached hydrogen (secondary N) is 2. The number of carbonyl (C=O) groups excluding carboxylic acids is 1. The molecular weight excluding hydrogens is 319 g/mol. The number of hydrogen-bond donors (Lipinski definition) is 2. The molecule has 134 valence electrons. The maximum Gasteiger partial charge on any atom is 0.272 e. The van der Waals surface area contributed by atoms with Gasteiger partial charge in [-0.2, -0.15) is 5.10 Å². The minimum atomic E-state index is -0.216. The molecule has 25 heavy (non-hydrogen) atoms. The maximum absolute atomic E-state index is 14.1. The molecule has 1 aliphatic rings. The Morgan fingerprint density at radius 2 is 2.20 bits per heavy atom. The second-order valence-corrected chi connectivity index (χ2v) is 7.08. The average molecular weight is 344 g/mol. The van der Waals surface area contributed by atoms with Gasteiger partial charge in [-0.15, -0.1) is 0 Å². The van der Waals surface area contributed by atoms with Gasteiger partial charge in [-0.25, -0.2) is 4.39 Å². The van der Waals surface area contributed by atoms with Crippen molar-refractivity contribution in [1.29, 1.82) is 0 Å². The Labute approximate surface area is 147 Å². The number of nitrogens with zero attached hydrogens (tertiary/aromatic N) is 2. The molecule has 0 radical (unpaired) electrons. The summed E-state index contributed by atoms with van der Waals surface area (Å²) in [6, 6.07) is 6.92. The fourth-order valence-corrected chi connectivity index (χ4v) is 3.19. The molecule has 0 aliphatic carbocycles. The third kappa shape index (κ3) is 4.00. The van der Waals surface area contributed by atoms with Gasteiger partial charge < -0.3 is 10.2 Å². The van der Waals surface area contributed by atoms with E-state index in [0.717, 1.165) is 30.6 Å². The Hall–Kier alpha value is -2.37. The lowest BCUT2D eigenvalue weighted by molar-refractivity contribution is 0.0928. The fraction of sp³-hybridized carbons (Fsp3) is 0.474. The van der Waals surface area contributed by atoms with Crippen LogP contribution in [-0.4, -0.2) is 35.2 Å². The van der Waals surface area contributed by atoms with E-state index in [0.29, 0.717) is 23.8 Å². The van der Waals surface area contributed by atoms with Crippen LogP contribution in [0.2, 0.25) is 0 Å². The molecule has 0 saturated carbocycles. The van der Waals surface area contributed by atoms with Crippen LogP contribution in [0.15, 0.2) is 24.3 Å². The van der Waals surface area contributed by atoms with Crippen molar-refractivity contribution < 1.29 is 9.18 Å². The molecule has 1 atom stereocenters. The molecule has 3 rings (SSSR count). The summed E-state index contributed by atoms with van der Waals surface area (Å²) in [5, 5.41) is 10.0. The molecule has 1 aliphatic heterocycles. The minimum Gasteiger partial charge on any atom is -0.367 e. The largest absolute Gasteiger partial charge is 0.367 e. The highest BCUT2D eigenvalue weighted by atomic mass is 19.1. The number of piperidine rings is 1. The van der Waals surface area contributed by atoms with Crippen LogP contribution in [0.1, 0.15) is 54.4 Å². The zero-order chi connectivity index (χ0) is 18.0. The number of carbonyl (C=O) groups is 1. The van der Waals surface area contributed by atoms with E-state index in [1.807, 2.05) is 31.7 Å². The lowest BCUT2D eigenvalue weighted by Crippen LogP contribution is -2.48. The quantitative estimate of drug-likeness (QED) is 0.894. The lowest BCUT2D eigenvalue weighted by Gasteiger charge is -2.35. The van der Waals surface area contributed by atoms with E-state index in [-0.39, 0.29) is 17.8 Å². The van der Waals surface area contributed by atoms with Crippen LogP contribution < -0.4 is 10.2 Å². The predicted molar refractivity (Wildman–Crippen MR) is 96.5 cm³/mol. The highest BCUT2D eigenvalue weighted by Gasteiger charge is 2.24. The van der Waals surface area contributed by atoms with Crippen molar-refractivity contribution in [1.82, 2.24) is 15.5 Å². The van der Waals surface area contributed by atoms with Gasteiger partial charge in [0.2, 0.25) is 0 Å². The number of benzene rings is 1. The SMILES string of the molecule is Cc1ccc(F)c(N2CCCC(NC(=O)c3cc(C(C)C)[nH]n3)C2)c1. The van der Waals surface area contributed by atoms with E-state index in [1.165, 1.54) is 6.07 Å². The van der Waals surface area contributed by atoms with Crippen LogP contribution in [0.25, 0.3) is 0 Å². The first-order valence-corrected chi connectivity index (χ1v) is 8.81. The summed E-state index contributed by atoms with van der Waals surface area (Å²) in [5.74, 6) is -0.102. The van der Waals surface area contributed by atoms with Gasteiger partial charge in [-0.3, -0.25) is 9.89 Å². The third-order valence-electron chi connectivity index (χ3n) is 4.65. The smallest absolute Gasteiger partial charge is 0.272 e. The van der Waals surface area contributed by atoms with E-state index in [9.17, 15) is 9.18 Å². The number of anilines is 1. The molecule has 1 fully saturated rings. The zero-order valence-corrected chi connectivity index (χ0v) is 15.0. The van der Waals surface area contributed by atoms with Crippen molar-refractivity contribution in [2.45, 2.75) is 45.6 Å². The summed E-state index contributed by atoms with van der Waals surface area (Å²) >= 11 is 0. The molecule has 1 saturated heterocycles. The molecular formula is C19H25FN4O. The molecule has 1 aromatic heterocycles. The first kappa shape index (κ1) is 17.5. The highest BCUT2D eigenvalue weighted by Crippen LogP contribution is 2.24. The maximum atomic E-state index is 14.1. The number of halogens is 1. The number of amides is 1. The summed E-state index contributed by atoms with van der Waals surface area (Å²) in [7, 11) is 0. The van der Waals surface area contributed by atoms with Crippen LogP contribution in [0, 0.1) is 12.7 Å². The van der Waals surface area contributed by atoms with Crippen molar-refractivity contribution in [3.8, 4) is 0 Å². The van der Waals surface area contributed by atoms with E-state index in [1.54, 1.807) is 12.1 Å². The summed E-state index contributed by atoms with van der Waals surface area (Å²) in [4.78, 5) is 14.4. The van der Waals surface area contributed by atoms with Gasteiger partial charge in [0.25, 0.3) is 5.91 Å². The van der Waals surface area contributed by atoms with Crippen LogP contribution in [0.3, 0.4) is 0 Å². The summed E-state index contributed by atoms with van der Waals surface area (Å²) in [6.45, 7) is 7.45. The lowest BCUT2D eigenvalue weighted by atomic mass is 10.0. The zero-order valence-electron chi connectivity index (χ0n) is 15.0. The molecule has 2 N–H and O–H groups in total. The Morgan fingerprint density at radius 3 is 2.92 bits per heavy atom. The monoisotopic (exact) mass is 344 g/mol. The predicted octanol–water partition coefficient (Wildman–Crippen LogP) is 3.38. The summed E-state index contributed by atoms with van der Waals surface area (Å²) in [5.41, 5.74) is 2.99. The Balaban J connectivity index is 1.67. The van der Waals surface area contributed by atoms with Gasteiger partial charge in [0, 0.05) is 24.8 Å². The van der Waals surface area contributed by atoms with Gasteiger partial charge in [-0.1, -0.05) is 19.9 Å². The Bertz CT molecular complexity index is 756. The first-order chi connectivity index (χ1) is 11.9. The Kier molecular flexibility index (Phi) is 5.06. The number of aromatic amines is 1. The van der Waals surface area contributed by atoms with Gasteiger partial charge in [-0.05, 0) is 49.4 Å². The number of aromatic nitrogens is 2.